The predicted octanol–water partition coefficient (Wildman–Crippen LogP) is 5.06. The quantitative estimate of drug-likeness (QED) is 0.247. The number of aryl methyl sites for hydroxylation is 1. The zero-order valence-corrected chi connectivity index (χ0v) is 23.3. The Morgan fingerprint density at radius 2 is 1.98 bits per heavy atom. The molecule has 42 heavy (non-hydrogen) atoms. The van der Waals surface area contributed by atoms with Crippen LogP contribution in [0.2, 0.25) is 0 Å². The number of aromatic nitrogens is 3. The van der Waals surface area contributed by atoms with E-state index in [1.165, 1.54) is 31.6 Å². The highest BCUT2D eigenvalue weighted by Crippen LogP contribution is 2.36. The molecule has 0 unspecified atom stereocenters. The van der Waals surface area contributed by atoms with Gasteiger partial charge in [-0.15, -0.1) is 0 Å². The number of hydrogen-bond donors (Lipinski definition) is 2. The lowest BCUT2D eigenvalue weighted by Gasteiger charge is -2.18. The Morgan fingerprint density at radius 1 is 1.12 bits per heavy atom. The van der Waals surface area contributed by atoms with Crippen LogP contribution in [0.1, 0.15) is 28.0 Å². The van der Waals surface area contributed by atoms with E-state index in [1.54, 1.807) is 26.2 Å². The minimum atomic E-state index is -0.733. The summed E-state index contributed by atoms with van der Waals surface area (Å²) >= 11 is 0. The van der Waals surface area contributed by atoms with Gasteiger partial charge in [-0.05, 0) is 31.1 Å². The van der Waals surface area contributed by atoms with Crippen molar-refractivity contribution in [1.29, 1.82) is 0 Å². The maximum Gasteiger partial charge on any atom is 0.261 e. The third-order valence-electron chi connectivity index (χ3n) is 6.53. The van der Waals surface area contributed by atoms with Crippen molar-refractivity contribution in [3.05, 3.63) is 71.4 Å². The molecule has 0 aliphatic carbocycles. The summed E-state index contributed by atoms with van der Waals surface area (Å²) in [5.74, 6) is -0.832. The van der Waals surface area contributed by atoms with E-state index >= 15 is 4.39 Å². The summed E-state index contributed by atoms with van der Waals surface area (Å²) in [6.07, 6.45) is 5.24. The van der Waals surface area contributed by atoms with Crippen molar-refractivity contribution < 1.29 is 38.0 Å². The number of carbonyl (C=O) groups excluding carboxylic acids is 1. The lowest BCUT2D eigenvalue weighted by molar-refractivity contribution is 0.102. The van der Waals surface area contributed by atoms with Crippen LogP contribution in [0.3, 0.4) is 0 Å². The summed E-state index contributed by atoms with van der Waals surface area (Å²) in [7, 11) is 3.02. The first-order valence-electron chi connectivity index (χ1n) is 13.1. The highest BCUT2D eigenvalue weighted by molar-refractivity contribution is 6.07. The number of nitrogens with zero attached hydrogens (tertiary/aromatic N) is 3. The van der Waals surface area contributed by atoms with Crippen LogP contribution in [0.15, 0.2) is 48.8 Å². The molecule has 11 nitrogen and oxygen atoms in total. The maximum atomic E-state index is 15.2. The van der Waals surface area contributed by atoms with E-state index in [0.29, 0.717) is 60.9 Å². The largest absolute Gasteiger partial charge is 0.506 e. The number of halogens is 1. The van der Waals surface area contributed by atoms with Gasteiger partial charge in [-0.3, -0.25) is 14.8 Å². The molecular weight excluding hydrogens is 547 g/mol. The number of anilines is 1. The molecule has 2 N–H and O–H groups in total. The van der Waals surface area contributed by atoms with Crippen LogP contribution in [-0.4, -0.2) is 66.6 Å². The summed E-state index contributed by atoms with van der Waals surface area (Å²) in [5, 5.41) is 13.5. The number of aromatic hydroxyl groups is 1. The zero-order valence-electron chi connectivity index (χ0n) is 23.3. The molecule has 1 aliphatic rings. The minimum absolute atomic E-state index is 0.0300. The molecule has 0 saturated heterocycles. The lowest BCUT2D eigenvalue weighted by atomic mass is 9.97. The molecule has 0 radical (unpaired) electrons. The summed E-state index contributed by atoms with van der Waals surface area (Å²) in [6.45, 7) is 3.36. The summed E-state index contributed by atoms with van der Waals surface area (Å²) < 4.78 is 42.4. The average Bonchev–Trinajstić information content (AvgIpc) is 2.99. The van der Waals surface area contributed by atoms with Crippen molar-refractivity contribution in [3.63, 3.8) is 0 Å². The van der Waals surface area contributed by atoms with Crippen LogP contribution in [0.5, 0.6) is 28.9 Å². The van der Waals surface area contributed by atoms with E-state index in [1.807, 2.05) is 6.08 Å². The molecule has 0 atom stereocenters. The summed E-state index contributed by atoms with van der Waals surface area (Å²) in [4.78, 5) is 26.1. The van der Waals surface area contributed by atoms with Gasteiger partial charge in [-0.2, -0.15) is 0 Å². The van der Waals surface area contributed by atoms with Gasteiger partial charge < -0.3 is 34.1 Å². The van der Waals surface area contributed by atoms with Crippen LogP contribution < -0.4 is 19.5 Å². The van der Waals surface area contributed by atoms with Crippen molar-refractivity contribution in [3.8, 4) is 28.9 Å². The number of rotatable bonds is 10. The molecule has 1 aromatic carbocycles. The number of methoxy groups -OCH3 is 2. The Morgan fingerprint density at radius 3 is 2.71 bits per heavy atom. The van der Waals surface area contributed by atoms with Gasteiger partial charge in [-0.1, -0.05) is 6.08 Å². The first-order chi connectivity index (χ1) is 20.4. The number of hydrogen-bond acceptors (Lipinski definition) is 10. The van der Waals surface area contributed by atoms with Gasteiger partial charge in [0.25, 0.3) is 11.8 Å². The number of benzene rings is 1. The van der Waals surface area contributed by atoms with Crippen LogP contribution >= 0.6 is 0 Å². The molecule has 0 spiro atoms. The number of carbonyl (C=O) groups is 1. The fourth-order valence-corrected chi connectivity index (χ4v) is 4.46. The number of fused-ring (bicyclic) bond motifs is 1. The van der Waals surface area contributed by atoms with Gasteiger partial charge in [0.05, 0.1) is 32.4 Å². The van der Waals surface area contributed by atoms with Gasteiger partial charge >= 0.3 is 0 Å². The van der Waals surface area contributed by atoms with Gasteiger partial charge in [-0.25, -0.2) is 9.37 Å². The third-order valence-corrected chi connectivity index (χ3v) is 6.53. The second-order valence-electron chi connectivity index (χ2n) is 9.25. The van der Waals surface area contributed by atoms with Crippen molar-refractivity contribution in [2.75, 3.05) is 46.0 Å². The standard InChI is InChI=1S/C30H29FN4O7/c1-17-26(18-7-10-40-11-8-18)28(36)20(16-33-17)29(37)34-19-4-5-23(21(31)14-19)42-24-6-9-32-22-15-25(41-13-12-38-2)30(39-3)35-27(22)24/h4-7,9,14-16H,8,10-13H2,1-3H3,(H,33,36)(H,34,37). The normalized spacial score (nSPS) is 13.0. The SMILES string of the molecule is COCCOc1cc2nccc(Oc3ccc(NC(=O)c4cnc(C)c(C5=CCOCC5)c4O)cc3F)c2nc1OC. The monoisotopic (exact) mass is 576 g/mol. The smallest absolute Gasteiger partial charge is 0.261 e. The Kier molecular flexibility index (Phi) is 8.74. The van der Waals surface area contributed by atoms with Crippen LogP contribution in [0.4, 0.5) is 10.1 Å². The minimum Gasteiger partial charge on any atom is -0.506 e. The van der Waals surface area contributed by atoms with Gasteiger partial charge in [0.15, 0.2) is 23.1 Å². The Balaban J connectivity index is 1.36. The van der Waals surface area contributed by atoms with Gasteiger partial charge in [0.1, 0.15) is 23.4 Å². The third kappa shape index (κ3) is 6.09. The molecule has 3 aromatic heterocycles. The summed E-state index contributed by atoms with van der Waals surface area (Å²) in [6, 6.07) is 7.18. The van der Waals surface area contributed by atoms with Gasteiger partial charge in [0, 0.05) is 54.6 Å². The molecular formula is C30H29FN4O7. The highest BCUT2D eigenvalue weighted by Gasteiger charge is 2.22. The van der Waals surface area contributed by atoms with E-state index < -0.39 is 11.7 Å². The van der Waals surface area contributed by atoms with E-state index in [2.05, 4.69) is 20.3 Å². The number of ether oxygens (including phenoxy) is 5. The molecule has 4 aromatic rings. The van der Waals surface area contributed by atoms with Crippen molar-refractivity contribution in [2.45, 2.75) is 13.3 Å². The van der Waals surface area contributed by atoms with E-state index in [-0.39, 0.29) is 34.4 Å². The molecule has 12 heteroatoms. The molecule has 1 amide bonds. The highest BCUT2D eigenvalue weighted by atomic mass is 19.1. The van der Waals surface area contributed by atoms with Crippen LogP contribution in [0.25, 0.3) is 16.6 Å². The first-order valence-corrected chi connectivity index (χ1v) is 13.1. The zero-order chi connectivity index (χ0) is 29.6. The molecule has 1 aliphatic heterocycles. The summed E-state index contributed by atoms with van der Waals surface area (Å²) in [5.41, 5.74) is 2.87. The first kappa shape index (κ1) is 28.7. The van der Waals surface area contributed by atoms with Crippen molar-refractivity contribution >= 4 is 28.2 Å². The lowest BCUT2D eigenvalue weighted by Crippen LogP contribution is -2.14. The van der Waals surface area contributed by atoms with Gasteiger partial charge in [0.2, 0.25) is 0 Å². The van der Waals surface area contributed by atoms with E-state index in [0.717, 1.165) is 11.6 Å². The number of amides is 1. The fourth-order valence-electron chi connectivity index (χ4n) is 4.46. The molecule has 5 rings (SSSR count). The van der Waals surface area contributed by atoms with Crippen LogP contribution in [-0.2, 0) is 9.47 Å². The molecule has 4 heterocycles. The molecule has 0 bridgehead atoms. The maximum absolute atomic E-state index is 15.2. The van der Waals surface area contributed by atoms with Crippen LogP contribution in [0, 0.1) is 12.7 Å². The van der Waals surface area contributed by atoms with Crippen molar-refractivity contribution in [2.24, 2.45) is 0 Å². The van der Waals surface area contributed by atoms with E-state index in [9.17, 15) is 9.90 Å². The predicted molar refractivity (Wildman–Crippen MR) is 152 cm³/mol. The Labute approximate surface area is 240 Å². The average molecular weight is 577 g/mol. The molecule has 218 valence electrons. The second kappa shape index (κ2) is 12.8. The fraction of sp³-hybridized carbons (Fsp3) is 0.267. The molecule has 0 saturated carbocycles. The number of nitrogens with one attached hydrogen (secondary N) is 1. The molecule has 0 fully saturated rings. The topological polar surface area (TPSA) is 134 Å². The number of pyridine rings is 3. The Bertz CT molecular complexity index is 1660. The Hall–Kier alpha value is -4.81. The second-order valence-corrected chi connectivity index (χ2v) is 9.25. The van der Waals surface area contributed by atoms with E-state index in [4.69, 9.17) is 23.7 Å². The van der Waals surface area contributed by atoms with Crippen molar-refractivity contribution in [1.82, 2.24) is 15.0 Å².